The Morgan fingerprint density at radius 1 is 1.70 bits per heavy atom. The van der Waals surface area contributed by atoms with Crippen LogP contribution in [0.5, 0.6) is 0 Å². The van der Waals surface area contributed by atoms with Crippen molar-refractivity contribution in [1.29, 1.82) is 0 Å². The highest BCUT2D eigenvalue weighted by molar-refractivity contribution is 5.18. The number of rotatable bonds is 3. The van der Waals surface area contributed by atoms with Crippen LogP contribution in [0.1, 0.15) is 11.3 Å². The first-order valence-corrected chi connectivity index (χ1v) is 3.15. The standard InChI is InChI=1S/C8H10O2/c1-2-3-7-4-5-10-8(7)6-9/h2,4-5,9H,1,3,6H2. The molecule has 0 aliphatic rings. The number of hydrogen-bond donors (Lipinski definition) is 1. The summed E-state index contributed by atoms with van der Waals surface area (Å²) in [6.07, 6.45) is 4.11. The van der Waals surface area contributed by atoms with Crippen molar-refractivity contribution in [2.75, 3.05) is 0 Å². The van der Waals surface area contributed by atoms with Gasteiger partial charge in [0.15, 0.2) is 0 Å². The van der Waals surface area contributed by atoms with Crippen molar-refractivity contribution in [2.24, 2.45) is 0 Å². The van der Waals surface area contributed by atoms with Crippen LogP contribution in [0.2, 0.25) is 0 Å². The molecule has 1 heterocycles. The van der Waals surface area contributed by atoms with Crippen molar-refractivity contribution in [3.05, 3.63) is 36.3 Å². The molecule has 0 unspecified atom stereocenters. The summed E-state index contributed by atoms with van der Waals surface area (Å²) in [5.41, 5.74) is 1.01. The van der Waals surface area contributed by atoms with Gasteiger partial charge in [-0.15, -0.1) is 6.58 Å². The molecule has 0 aliphatic carbocycles. The second-order valence-electron chi connectivity index (χ2n) is 2.02. The fraction of sp³-hybridized carbons (Fsp3) is 0.250. The molecular weight excluding hydrogens is 128 g/mol. The smallest absolute Gasteiger partial charge is 0.132 e. The minimum atomic E-state index is -0.0316. The third kappa shape index (κ3) is 1.28. The first kappa shape index (κ1) is 7.09. The molecule has 0 spiro atoms. The largest absolute Gasteiger partial charge is 0.467 e. The Labute approximate surface area is 59.8 Å². The molecule has 0 radical (unpaired) electrons. The lowest BCUT2D eigenvalue weighted by Crippen LogP contribution is -1.85. The third-order valence-corrected chi connectivity index (χ3v) is 1.35. The summed E-state index contributed by atoms with van der Waals surface area (Å²) in [4.78, 5) is 0. The van der Waals surface area contributed by atoms with Crippen LogP contribution in [-0.4, -0.2) is 5.11 Å². The Morgan fingerprint density at radius 2 is 2.50 bits per heavy atom. The number of furan rings is 1. The zero-order valence-corrected chi connectivity index (χ0v) is 5.71. The summed E-state index contributed by atoms with van der Waals surface area (Å²) in [5.74, 6) is 0.639. The predicted octanol–water partition coefficient (Wildman–Crippen LogP) is 1.50. The van der Waals surface area contributed by atoms with Gasteiger partial charge in [-0.25, -0.2) is 0 Å². The molecule has 1 aromatic heterocycles. The van der Waals surface area contributed by atoms with E-state index in [0.717, 1.165) is 12.0 Å². The molecule has 0 atom stereocenters. The van der Waals surface area contributed by atoms with Gasteiger partial charge >= 0.3 is 0 Å². The van der Waals surface area contributed by atoms with Crippen molar-refractivity contribution in [1.82, 2.24) is 0 Å². The predicted molar refractivity (Wildman–Crippen MR) is 38.5 cm³/mol. The van der Waals surface area contributed by atoms with Crippen molar-refractivity contribution >= 4 is 0 Å². The van der Waals surface area contributed by atoms with Crippen LogP contribution < -0.4 is 0 Å². The fourth-order valence-corrected chi connectivity index (χ4v) is 0.843. The second-order valence-corrected chi connectivity index (χ2v) is 2.02. The lowest BCUT2D eigenvalue weighted by molar-refractivity contribution is 0.246. The summed E-state index contributed by atoms with van der Waals surface area (Å²) in [7, 11) is 0. The summed E-state index contributed by atoms with van der Waals surface area (Å²) in [5, 5.41) is 8.71. The average Bonchev–Trinajstić information content (AvgIpc) is 2.36. The Balaban J connectivity index is 2.79. The van der Waals surface area contributed by atoms with E-state index in [1.807, 2.05) is 6.07 Å². The second kappa shape index (κ2) is 3.22. The van der Waals surface area contributed by atoms with E-state index in [0.29, 0.717) is 5.76 Å². The van der Waals surface area contributed by atoms with E-state index in [1.165, 1.54) is 0 Å². The van der Waals surface area contributed by atoms with E-state index >= 15 is 0 Å². The normalized spacial score (nSPS) is 9.70. The Bertz CT molecular complexity index is 213. The zero-order valence-electron chi connectivity index (χ0n) is 5.71. The van der Waals surface area contributed by atoms with Crippen LogP contribution in [-0.2, 0) is 13.0 Å². The highest BCUT2D eigenvalue weighted by atomic mass is 16.4. The fourth-order valence-electron chi connectivity index (χ4n) is 0.843. The highest BCUT2D eigenvalue weighted by Gasteiger charge is 2.00. The number of allylic oxidation sites excluding steroid dienone is 1. The average molecular weight is 138 g/mol. The Morgan fingerprint density at radius 3 is 3.10 bits per heavy atom. The molecule has 2 heteroatoms. The van der Waals surface area contributed by atoms with Crippen LogP contribution >= 0.6 is 0 Å². The maximum Gasteiger partial charge on any atom is 0.132 e. The molecule has 54 valence electrons. The van der Waals surface area contributed by atoms with E-state index in [9.17, 15) is 0 Å². The van der Waals surface area contributed by atoms with Crippen molar-refractivity contribution in [3.63, 3.8) is 0 Å². The van der Waals surface area contributed by atoms with Gasteiger partial charge in [-0.05, 0) is 18.1 Å². The molecule has 0 fully saturated rings. The van der Waals surface area contributed by atoms with Crippen LogP contribution in [0.15, 0.2) is 29.4 Å². The lowest BCUT2D eigenvalue weighted by Gasteiger charge is -1.92. The highest BCUT2D eigenvalue weighted by Crippen LogP contribution is 2.10. The van der Waals surface area contributed by atoms with Gasteiger partial charge in [0, 0.05) is 0 Å². The summed E-state index contributed by atoms with van der Waals surface area (Å²) < 4.78 is 4.97. The van der Waals surface area contributed by atoms with Gasteiger partial charge < -0.3 is 9.52 Å². The molecule has 0 saturated carbocycles. The van der Waals surface area contributed by atoms with Crippen LogP contribution in [0.3, 0.4) is 0 Å². The molecule has 0 amide bonds. The summed E-state index contributed by atoms with van der Waals surface area (Å²) in [6, 6.07) is 1.84. The molecule has 1 aromatic rings. The van der Waals surface area contributed by atoms with Gasteiger partial charge in [0.25, 0.3) is 0 Å². The summed E-state index contributed by atoms with van der Waals surface area (Å²) in [6.45, 7) is 3.56. The van der Waals surface area contributed by atoms with E-state index in [2.05, 4.69) is 6.58 Å². The quantitative estimate of drug-likeness (QED) is 0.642. The minimum absolute atomic E-state index is 0.0316. The SMILES string of the molecule is C=CCc1ccoc1CO. The number of aliphatic hydroxyl groups excluding tert-OH is 1. The Hall–Kier alpha value is -1.02. The third-order valence-electron chi connectivity index (χ3n) is 1.35. The molecule has 0 bridgehead atoms. The lowest BCUT2D eigenvalue weighted by atomic mass is 10.2. The number of hydrogen-bond acceptors (Lipinski definition) is 2. The minimum Gasteiger partial charge on any atom is -0.467 e. The van der Waals surface area contributed by atoms with Crippen LogP contribution in [0.25, 0.3) is 0 Å². The van der Waals surface area contributed by atoms with Crippen molar-refractivity contribution < 1.29 is 9.52 Å². The topological polar surface area (TPSA) is 33.4 Å². The molecule has 0 aliphatic heterocycles. The summed E-state index contributed by atoms with van der Waals surface area (Å²) >= 11 is 0. The first-order valence-electron chi connectivity index (χ1n) is 3.15. The van der Waals surface area contributed by atoms with Gasteiger partial charge in [0.05, 0.1) is 6.26 Å². The van der Waals surface area contributed by atoms with Crippen LogP contribution in [0.4, 0.5) is 0 Å². The van der Waals surface area contributed by atoms with Gasteiger partial charge in [-0.2, -0.15) is 0 Å². The molecule has 1 rings (SSSR count). The Kier molecular flexibility index (Phi) is 2.29. The van der Waals surface area contributed by atoms with Gasteiger partial charge in [-0.1, -0.05) is 6.08 Å². The molecule has 2 nitrogen and oxygen atoms in total. The molecule has 1 N–H and O–H groups in total. The van der Waals surface area contributed by atoms with Gasteiger partial charge in [0.2, 0.25) is 0 Å². The molecule has 0 saturated heterocycles. The molecule has 0 aromatic carbocycles. The van der Waals surface area contributed by atoms with E-state index in [1.54, 1.807) is 12.3 Å². The van der Waals surface area contributed by atoms with E-state index < -0.39 is 0 Å². The van der Waals surface area contributed by atoms with Crippen molar-refractivity contribution in [2.45, 2.75) is 13.0 Å². The number of aliphatic hydroxyl groups is 1. The van der Waals surface area contributed by atoms with Crippen molar-refractivity contribution in [3.8, 4) is 0 Å². The maximum absolute atomic E-state index is 8.71. The zero-order chi connectivity index (χ0) is 7.40. The molecule has 10 heavy (non-hydrogen) atoms. The van der Waals surface area contributed by atoms with Gasteiger partial charge in [0.1, 0.15) is 12.4 Å². The van der Waals surface area contributed by atoms with E-state index in [4.69, 9.17) is 9.52 Å². The maximum atomic E-state index is 8.71. The first-order chi connectivity index (χ1) is 4.88. The van der Waals surface area contributed by atoms with Crippen LogP contribution in [0, 0.1) is 0 Å². The monoisotopic (exact) mass is 138 g/mol. The van der Waals surface area contributed by atoms with E-state index in [-0.39, 0.29) is 6.61 Å². The van der Waals surface area contributed by atoms with Gasteiger partial charge in [-0.3, -0.25) is 0 Å². The molecular formula is C8H10O2.